The molecular formula is C10H12BrNO2. The van der Waals surface area contributed by atoms with E-state index in [0.29, 0.717) is 13.0 Å². The number of carbonyl (C=O) groups excluding carboxylic acids is 1. The van der Waals surface area contributed by atoms with Crippen LogP contribution in [0.1, 0.15) is 5.56 Å². The van der Waals surface area contributed by atoms with Gasteiger partial charge in [0.1, 0.15) is 0 Å². The summed E-state index contributed by atoms with van der Waals surface area (Å²) in [6.45, 7) is 0.283. The Hall–Kier alpha value is -0.870. The minimum absolute atomic E-state index is 0.0261. The molecule has 1 amide bonds. The third kappa shape index (κ3) is 3.47. The summed E-state index contributed by atoms with van der Waals surface area (Å²) < 4.78 is 0.930. The van der Waals surface area contributed by atoms with E-state index < -0.39 is 0 Å². The maximum absolute atomic E-state index is 11.3. The number of carbonyl (C=O) groups is 1. The molecule has 0 aliphatic rings. The van der Waals surface area contributed by atoms with E-state index >= 15 is 0 Å². The largest absolute Gasteiger partial charge is 0.395 e. The highest BCUT2D eigenvalue weighted by atomic mass is 79.9. The second-order valence-corrected chi connectivity index (χ2v) is 3.70. The number of halogens is 1. The molecule has 0 spiro atoms. The zero-order chi connectivity index (χ0) is 10.4. The summed E-state index contributed by atoms with van der Waals surface area (Å²) in [4.78, 5) is 11.3. The van der Waals surface area contributed by atoms with E-state index in [2.05, 4.69) is 21.2 Å². The van der Waals surface area contributed by atoms with Crippen LogP contribution in [0.15, 0.2) is 28.7 Å². The maximum Gasteiger partial charge on any atom is 0.224 e. The van der Waals surface area contributed by atoms with Crippen molar-refractivity contribution in [2.24, 2.45) is 0 Å². The van der Waals surface area contributed by atoms with E-state index in [1.165, 1.54) is 0 Å². The van der Waals surface area contributed by atoms with Crippen LogP contribution in [-0.4, -0.2) is 24.2 Å². The highest BCUT2D eigenvalue weighted by Gasteiger charge is 2.04. The van der Waals surface area contributed by atoms with Gasteiger partial charge in [0.05, 0.1) is 13.0 Å². The SMILES string of the molecule is O=C(Cc1ccccc1Br)NCCO. The molecule has 0 radical (unpaired) electrons. The second kappa shape index (κ2) is 5.78. The fraction of sp³-hybridized carbons (Fsp3) is 0.300. The maximum atomic E-state index is 11.3. The topological polar surface area (TPSA) is 49.3 Å². The van der Waals surface area contributed by atoms with Crippen molar-refractivity contribution in [2.75, 3.05) is 13.2 Å². The van der Waals surface area contributed by atoms with Gasteiger partial charge in [-0.25, -0.2) is 0 Å². The summed E-state index contributed by atoms with van der Waals surface area (Å²) in [6, 6.07) is 7.58. The van der Waals surface area contributed by atoms with Crippen molar-refractivity contribution in [1.29, 1.82) is 0 Å². The highest BCUT2D eigenvalue weighted by Crippen LogP contribution is 2.15. The minimum atomic E-state index is -0.0778. The molecule has 4 heteroatoms. The number of aliphatic hydroxyl groups is 1. The van der Waals surface area contributed by atoms with Gasteiger partial charge in [-0.05, 0) is 11.6 Å². The van der Waals surface area contributed by atoms with Crippen molar-refractivity contribution in [1.82, 2.24) is 5.32 Å². The molecule has 0 aromatic heterocycles. The lowest BCUT2D eigenvalue weighted by atomic mass is 10.1. The Morgan fingerprint density at radius 3 is 2.79 bits per heavy atom. The molecule has 0 aliphatic heterocycles. The molecule has 0 atom stereocenters. The van der Waals surface area contributed by atoms with Crippen LogP contribution in [0, 0.1) is 0 Å². The van der Waals surface area contributed by atoms with E-state index in [9.17, 15) is 4.79 Å². The van der Waals surface area contributed by atoms with Crippen molar-refractivity contribution in [3.05, 3.63) is 34.3 Å². The average molecular weight is 258 g/mol. The Balaban J connectivity index is 2.52. The molecule has 3 nitrogen and oxygen atoms in total. The first-order chi connectivity index (χ1) is 6.74. The predicted octanol–water partition coefficient (Wildman–Crippen LogP) is 1.10. The number of rotatable bonds is 4. The van der Waals surface area contributed by atoms with Crippen LogP contribution in [-0.2, 0) is 11.2 Å². The summed E-state index contributed by atoms with van der Waals surface area (Å²) in [5.41, 5.74) is 0.947. The molecule has 0 saturated carbocycles. The van der Waals surface area contributed by atoms with Gasteiger partial charge in [0.2, 0.25) is 5.91 Å². The van der Waals surface area contributed by atoms with Crippen LogP contribution in [0.4, 0.5) is 0 Å². The lowest BCUT2D eigenvalue weighted by Crippen LogP contribution is -2.27. The Kier molecular flexibility index (Phi) is 4.62. The smallest absolute Gasteiger partial charge is 0.224 e. The molecule has 14 heavy (non-hydrogen) atoms. The molecule has 1 aromatic rings. The number of aliphatic hydroxyl groups excluding tert-OH is 1. The Labute approximate surface area is 91.3 Å². The summed E-state index contributed by atoms with van der Waals surface area (Å²) in [6.07, 6.45) is 0.335. The van der Waals surface area contributed by atoms with Gasteiger partial charge in [-0.15, -0.1) is 0 Å². The first kappa shape index (κ1) is 11.2. The van der Waals surface area contributed by atoms with Gasteiger partial charge in [0.15, 0.2) is 0 Å². The minimum Gasteiger partial charge on any atom is -0.395 e. The van der Waals surface area contributed by atoms with Gasteiger partial charge < -0.3 is 10.4 Å². The Morgan fingerprint density at radius 2 is 2.14 bits per heavy atom. The first-order valence-electron chi connectivity index (χ1n) is 4.35. The monoisotopic (exact) mass is 257 g/mol. The molecule has 1 rings (SSSR count). The quantitative estimate of drug-likeness (QED) is 0.849. The number of hydrogen-bond donors (Lipinski definition) is 2. The van der Waals surface area contributed by atoms with E-state index in [0.717, 1.165) is 10.0 Å². The molecule has 0 aliphatic carbocycles. The van der Waals surface area contributed by atoms with Crippen molar-refractivity contribution < 1.29 is 9.90 Å². The average Bonchev–Trinajstić information content (AvgIpc) is 2.18. The molecule has 2 N–H and O–H groups in total. The van der Waals surface area contributed by atoms with Crippen molar-refractivity contribution >= 4 is 21.8 Å². The van der Waals surface area contributed by atoms with Gasteiger partial charge in [-0.3, -0.25) is 4.79 Å². The number of nitrogens with one attached hydrogen (secondary N) is 1. The number of benzene rings is 1. The second-order valence-electron chi connectivity index (χ2n) is 2.84. The number of amides is 1. The molecule has 1 aromatic carbocycles. The summed E-state index contributed by atoms with van der Waals surface area (Å²) in [5, 5.41) is 11.1. The van der Waals surface area contributed by atoms with Crippen LogP contribution < -0.4 is 5.32 Å². The lowest BCUT2D eigenvalue weighted by Gasteiger charge is -2.04. The molecule has 76 valence electrons. The first-order valence-corrected chi connectivity index (χ1v) is 5.14. The fourth-order valence-corrected chi connectivity index (χ4v) is 1.50. The zero-order valence-corrected chi connectivity index (χ0v) is 9.25. The van der Waals surface area contributed by atoms with Gasteiger partial charge >= 0.3 is 0 Å². The van der Waals surface area contributed by atoms with Gasteiger partial charge in [-0.1, -0.05) is 34.1 Å². The van der Waals surface area contributed by atoms with Crippen molar-refractivity contribution in [2.45, 2.75) is 6.42 Å². The fourth-order valence-electron chi connectivity index (χ4n) is 1.07. The third-order valence-electron chi connectivity index (χ3n) is 1.74. The van der Waals surface area contributed by atoms with Crippen LogP contribution in [0.2, 0.25) is 0 Å². The predicted molar refractivity (Wildman–Crippen MR) is 57.9 cm³/mol. The Morgan fingerprint density at radius 1 is 1.43 bits per heavy atom. The normalized spacial score (nSPS) is 9.86. The molecule has 0 heterocycles. The van der Waals surface area contributed by atoms with Crippen LogP contribution in [0.25, 0.3) is 0 Å². The highest BCUT2D eigenvalue weighted by molar-refractivity contribution is 9.10. The van der Waals surface area contributed by atoms with E-state index in [1.807, 2.05) is 24.3 Å². The summed E-state index contributed by atoms with van der Waals surface area (Å²) in [5.74, 6) is -0.0778. The van der Waals surface area contributed by atoms with E-state index in [-0.39, 0.29) is 12.5 Å². The number of hydrogen-bond acceptors (Lipinski definition) is 2. The van der Waals surface area contributed by atoms with Gasteiger partial charge in [0, 0.05) is 11.0 Å². The van der Waals surface area contributed by atoms with Gasteiger partial charge in [0.25, 0.3) is 0 Å². The van der Waals surface area contributed by atoms with Crippen LogP contribution >= 0.6 is 15.9 Å². The molecular weight excluding hydrogens is 246 g/mol. The summed E-state index contributed by atoms with van der Waals surface area (Å²) >= 11 is 3.36. The van der Waals surface area contributed by atoms with Crippen molar-refractivity contribution in [3.8, 4) is 0 Å². The Bertz CT molecular complexity index is 315. The molecule has 0 bridgehead atoms. The van der Waals surface area contributed by atoms with Gasteiger partial charge in [-0.2, -0.15) is 0 Å². The standard InChI is InChI=1S/C10H12BrNO2/c11-9-4-2-1-3-8(9)7-10(14)12-5-6-13/h1-4,13H,5-7H2,(H,12,14). The molecule has 0 saturated heterocycles. The van der Waals surface area contributed by atoms with Crippen molar-refractivity contribution in [3.63, 3.8) is 0 Å². The third-order valence-corrected chi connectivity index (χ3v) is 2.52. The molecule has 0 fully saturated rings. The summed E-state index contributed by atoms with van der Waals surface area (Å²) in [7, 11) is 0. The molecule has 0 unspecified atom stereocenters. The van der Waals surface area contributed by atoms with E-state index in [4.69, 9.17) is 5.11 Å². The van der Waals surface area contributed by atoms with E-state index in [1.54, 1.807) is 0 Å². The van der Waals surface area contributed by atoms with Crippen LogP contribution in [0.3, 0.4) is 0 Å². The van der Waals surface area contributed by atoms with Crippen LogP contribution in [0.5, 0.6) is 0 Å². The zero-order valence-electron chi connectivity index (χ0n) is 7.66. The lowest BCUT2D eigenvalue weighted by molar-refractivity contribution is -0.120.